The third-order valence-electron chi connectivity index (χ3n) is 2.86. The molecule has 3 nitrogen and oxygen atoms in total. The molecule has 1 N–H and O–H groups in total. The number of nitrogens with one attached hydrogen (secondary N) is 1. The zero-order chi connectivity index (χ0) is 13.7. The third-order valence-corrected chi connectivity index (χ3v) is 2.86. The van der Waals surface area contributed by atoms with E-state index in [0.717, 1.165) is 19.6 Å². The summed E-state index contributed by atoms with van der Waals surface area (Å²) < 4.78 is 1.99. The van der Waals surface area contributed by atoms with E-state index >= 15 is 0 Å². The van der Waals surface area contributed by atoms with Crippen molar-refractivity contribution in [2.24, 2.45) is 5.41 Å². The van der Waals surface area contributed by atoms with Crippen molar-refractivity contribution in [3.63, 3.8) is 0 Å². The maximum Gasteiger partial charge on any atom is 0.0659 e. The van der Waals surface area contributed by atoms with E-state index in [2.05, 4.69) is 61.6 Å². The lowest BCUT2D eigenvalue weighted by atomic mass is 9.97. The molecule has 0 aliphatic heterocycles. The second-order valence-corrected chi connectivity index (χ2v) is 6.20. The monoisotopic (exact) mass is 257 g/mol. The molecule has 2 rings (SSSR count). The lowest BCUT2D eigenvalue weighted by molar-refractivity contribution is 0.379. The van der Waals surface area contributed by atoms with Crippen LogP contribution in [0.5, 0.6) is 0 Å². The Kier molecular flexibility index (Phi) is 4.38. The maximum atomic E-state index is 4.40. The Hall–Kier alpha value is -1.61. The number of hydrogen-bond acceptors (Lipinski definition) is 2. The minimum absolute atomic E-state index is 0.319. The molecule has 0 spiro atoms. The number of benzene rings is 1. The van der Waals surface area contributed by atoms with Crippen LogP contribution in [-0.2, 0) is 13.1 Å². The van der Waals surface area contributed by atoms with Crippen LogP contribution < -0.4 is 5.32 Å². The molecule has 0 saturated heterocycles. The Morgan fingerprint density at radius 2 is 1.84 bits per heavy atom. The number of rotatable bonds is 5. The van der Waals surface area contributed by atoms with Crippen LogP contribution in [0.1, 0.15) is 31.9 Å². The quantitative estimate of drug-likeness (QED) is 0.892. The molecule has 3 heteroatoms. The molecule has 0 amide bonds. The molecule has 0 saturated carbocycles. The van der Waals surface area contributed by atoms with Crippen LogP contribution in [-0.4, -0.2) is 16.3 Å². The molecule has 0 bridgehead atoms. The summed E-state index contributed by atoms with van der Waals surface area (Å²) in [6, 6.07) is 10.4. The van der Waals surface area contributed by atoms with Crippen molar-refractivity contribution < 1.29 is 0 Å². The molecule has 0 unspecified atom stereocenters. The molecule has 1 heterocycles. The fourth-order valence-corrected chi connectivity index (χ4v) is 1.94. The first-order valence-corrected chi connectivity index (χ1v) is 6.79. The first-order valence-electron chi connectivity index (χ1n) is 6.79. The second-order valence-electron chi connectivity index (χ2n) is 6.20. The predicted molar refractivity (Wildman–Crippen MR) is 78.9 cm³/mol. The van der Waals surface area contributed by atoms with E-state index < -0.39 is 0 Å². The van der Waals surface area contributed by atoms with E-state index in [4.69, 9.17) is 0 Å². The Labute approximate surface area is 115 Å². The molecular formula is C16H23N3. The Balaban J connectivity index is 1.86. The minimum atomic E-state index is 0.319. The minimum Gasteiger partial charge on any atom is -0.312 e. The van der Waals surface area contributed by atoms with Gasteiger partial charge in [0, 0.05) is 24.8 Å². The molecule has 1 aromatic carbocycles. The molecule has 0 atom stereocenters. The average Bonchev–Trinajstić information content (AvgIpc) is 2.76. The van der Waals surface area contributed by atoms with Gasteiger partial charge in [0.2, 0.25) is 0 Å². The standard InChI is InChI=1S/C16H23N3/c1-16(2,3)13-17-9-15-10-18-19(12-15)11-14-7-5-4-6-8-14/h4-8,10,12,17H,9,11,13H2,1-3H3. The summed E-state index contributed by atoms with van der Waals surface area (Å²) in [4.78, 5) is 0. The van der Waals surface area contributed by atoms with Gasteiger partial charge in [-0.3, -0.25) is 4.68 Å². The molecule has 19 heavy (non-hydrogen) atoms. The zero-order valence-corrected chi connectivity index (χ0v) is 12.1. The van der Waals surface area contributed by atoms with E-state index in [0.29, 0.717) is 5.41 Å². The molecule has 0 fully saturated rings. The Morgan fingerprint density at radius 1 is 1.11 bits per heavy atom. The van der Waals surface area contributed by atoms with Gasteiger partial charge in [0.15, 0.2) is 0 Å². The van der Waals surface area contributed by atoms with Gasteiger partial charge in [-0.05, 0) is 11.0 Å². The van der Waals surface area contributed by atoms with Crippen LogP contribution in [0.15, 0.2) is 42.7 Å². The van der Waals surface area contributed by atoms with Crippen molar-refractivity contribution in [1.29, 1.82) is 0 Å². The highest BCUT2D eigenvalue weighted by molar-refractivity contribution is 5.15. The third kappa shape index (κ3) is 4.87. The molecule has 0 radical (unpaired) electrons. The van der Waals surface area contributed by atoms with Crippen LogP contribution in [0.3, 0.4) is 0 Å². The van der Waals surface area contributed by atoms with Crippen molar-refractivity contribution >= 4 is 0 Å². The van der Waals surface area contributed by atoms with Crippen molar-refractivity contribution in [3.05, 3.63) is 53.9 Å². The SMILES string of the molecule is CC(C)(C)CNCc1cnn(Cc2ccccc2)c1. The van der Waals surface area contributed by atoms with Crippen molar-refractivity contribution in [1.82, 2.24) is 15.1 Å². The van der Waals surface area contributed by atoms with Crippen LogP contribution in [0, 0.1) is 5.41 Å². The highest BCUT2D eigenvalue weighted by atomic mass is 15.3. The highest BCUT2D eigenvalue weighted by Gasteiger charge is 2.09. The van der Waals surface area contributed by atoms with E-state index in [-0.39, 0.29) is 0 Å². The van der Waals surface area contributed by atoms with Gasteiger partial charge in [-0.2, -0.15) is 5.10 Å². The Morgan fingerprint density at radius 3 is 2.53 bits per heavy atom. The van der Waals surface area contributed by atoms with Crippen molar-refractivity contribution in [2.75, 3.05) is 6.54 Å². The van der Waals surface area contributed by atoms with Gasteiger partial charge in [0.1, 0.15) is 0 Å². The lowest BCUT2D eigenvalue weighted by Gasteiger charge is -2.18. The summed E-state index contributed by atoms with van der Waals surface area (Å²) in [5.74, 6) is 0. The van der Waals surface area contributed by atoms with Gasteiger partial charge < -0.3 is 5.32 Å². The highest BCUT2D eigenvalue weighted by Crippen LogP contribution is 2.11. The fourth-order valence-electron chi connectivity index (χ4n) is 1.94. The summed E-state index contributed by atoms with van der Waals surface area (Å²) >= 11 is 0. The van der Waals surface area contributed by atoms with Gasteiger partial charge in [-0.15, -0.1) is 0 Å². The molecule has 2 aromatic rings. The van der Waals surface area contributed by atoms with Gasteiger partial charge in [0.05, 0.1) is 12.7 Å². The summed E-state index contributed by atoms with van der Waals surface area (Å²) in [5.41, 5.74) is 2.83. The summed E-state index contributed by atoms with van der Waals surface area (Å²) in [7, 11) is 0. The van der Waals surface area contributed by atoms with Crippen molar-refractivity contribution in [3.8, 4) is 0 Å². The van der Waals surface area contributed by atoms with Gasteiger partial charge in [-0.1, -0.05) is 51.1 Å². The van der Waals surface area contributed by atoms with Crippen LogP contribution in [0.25, 0.3) is 0 Å². The van der Waals surface area contributed by atoms with E-state index in [9.17, 15) is 0 Å². The van der Waals surface area contributed by atoms with Crippen LogP contribution in [0.2, 0.25) is 0 Å². The predicted octanol–water partition coefficient (Wildman–Crippen LogP) is 3.07. The smallest absolute Gasteiger partial charge is 0.0659 e. The number of aromatic nitrogens is 2. The second kappa shape index (κ2) is 6.02. The molecule has 0 aliphatic carbocycles. The average molecular weight is 257 g/mol. The van der Waals surface area contributed by atoms with Gasteiger partial charge in [0.25, 0.3) is 0 Å². The normalized spacial score (nSPS) is 11.7. The summed E-state index contributed by atoms with van der Waals surface area (Å²) in [6.07, 6.45) is 4.06. The topological polar surface area (TPSA) is 29.9 Å². The molecule has 102 valence electrons. The Bertz CT molecular complexity index is 494. The summed E-state index contributed by atoms with van der Waals surface area (Å²) in [6.45, 7) is 9.43. The van der Waals surface area contributed by atoms with Gasteiger partial charge in [-0.25, -0.2) is 0 Å². The first-order chi connectivity index (χ1) is 9.03. The van der Waals surface area contributed by atoms with Crippen LogP contribution in [0.4, 0.5) is 0 Å². The zero-order valence-electron chi connectivity index (χ0n) is 12.1. The first kappa shape index (κ1) is 13.8. The van der Waals surface area contributed by atoms with E-state index in [1.807, 2.05) is 16.9 Å². The van der Waals surface area contributed by atoms with E-state index in [1.54, 1.807) is 0 Å². The van der Waals surface area contributed by atoms with Crippen LogP contribution >= 0.6 is 0 Å². The number of nitrogens with zero attached hydrogens (tertiary/aromatic N) is 2. The van der Waals surface area contributed by atoms with Gasteiger partial charge >= 0.3 is 0 Å². The molecular weight excluding hydrogens is 234 g/mol. The maximum absolute atomic E-state index is 4.40. The summed E-state index contributed by atoms with van der Waals surface area (Å²) in [5, 5.41) is 7.87. The van der Waals surface area contributed by atoms with Crippen molar-refractivity contribution in [2.45, 2.75) is 33.9 Å². The van der Waals surface area contributed by atoms with E-state index in [1.165, 1.54) is 11.1 Å². The molecule has 0 aliphatic rings. The fraction of sp³-hybridized carbons (Fsp3) is 0.438. The number of hydrogen-bond donors (Lipinski definition) is 1. The lowest BCUT2D eigenvalue weighted by Crippen LogP contribution is -2.26. The molecule has 1 aromatic heterocycles. The largest absolute Gasteiger partial charge is 0.312 e.